The van der Waals surface area contributed by atoms with Crippen molar-refractivity contribution < 1.29 is 4.79 Å². The van der Waals surface area contributed by atoms with Crippen molar-refractivity contribution in [3.63, 3.8) is 0 Å². The smallest absolute Gasteiger partial charge is 0.220 e. The SMILES string of the molecule is CCCCCC=CCC=CCCCC(=O)NC1CC1. The lowest BCUT2D eigenvalue weighted by Gasteiger charge is -2.00. The Bertz CT molecular complexity index is 290. The van der Waals surface area contributed by atoms with E-state index in [-0.39, 0.29) is 5.91 Å². The predicted octanol–water partition coefficient (Wildman–Crippen LogP) is 4.52. The summed E-state index contributed by atoms with van der Waals surface area (Å²) in [4.78, 5) is 11.4. The standard InChI is InChI=1S/C17H29NO/c1-2-3-4-5-6-7-8-9-10-11-12-13-17(19)18-16-14-15-16/h6-7,9-10,16H,2-5,8,11-15H2,1H3,(H,18,19). The van der Waals surface area contributed by atoms with E-state index in [0.717, 1.165) is 19.3 Å². The molecule has 108 valence electrons. The van der Waals surface area contributed by atoms with Gasteiger partial charge >= 0.3 is 0 Å². The largest absolute Gasteiger partial charge is 0.353 e. The van der Waals surface area contributed by atoms with Crippen molar-refractivity contribution in [2.45, 2.75) is 77.2 Å². The van der Waals surface area contributed by atoms with E-state index in [9.17, 15) is 4.79 Å². The third kappa shape index (κ3) is 10.5. The van der Waals surface area contributed by atoms with E-state index in [0.29, 0.717) is 12.5 Å². The van der Waals surface area contributed by atoms with E-state index in [1.165, 1.54) is 38.5 Å². The summed E-state index contributed by atoms with van der Waals surface area (Å²) < 4.78 is 0. The molecular formula is C17H29NO. The molecule has 0 heterocycles. The minimum atomic E-state index is 0.228. The van der Waals surface area contributed by atoms with Gasteiger partial charge in [0.05, 0.1) is 0 Å². The number of nitrogens with one attached hydrogen (secondary N) is 1. The predicted molar refractivity (Wildman–Crippen MR) is 82.1 cm³/mol. The van der Waals surface area contributed by atoms with Crippen LogP contribution in [0.2, 0.25) is 0 Å². The second-order valence-corrected chi connectivity index (χ2v) is 5.41. The summed E-state index contributed by atoms with van der Waals surface area (Å²) in [7, 11) is 0. The van der Waals surface area contributed by atoms with Gasteiger partial charge in [-0.3, -0.25) is 4.79 Å². The van der Waals surface area contributed by atoms with Crippen molar-refractivity contribution in [2.75, 3.05) is 0 Å². The molecule has 0 radical (unpaired) electrons. The molecule has 2 heteroatoms. The number of carbonyl (C=O) groups is 1. The van der Waals surface area contributed by atoms with Gasteiger partial charge in [-0.05, 0) is 44.9 Å². The quantitative estimate of drug-likeness (QED) is 0.431. The Kier molecular flexibility index (Phi) is 9.13. The van der Waals surface area contributed by atoms with Gasteiger partial charge in [0.15, 0.2) is 0 Å². The highest BCUT2D eigenvalue weighted by atomic mass is 16.1. The summed E-state index contributed by atoms with van der Waals surface area (Å²) in [5, 5.41) is 3.02. The van der Waals surface area contributed by atoms with E-state index in [4.69, 9.17) is 0 Å². The third-order valence-electron chi connectivity index (χ3n) is 3.30. The first-order valence-electron chi connectivity index (χ1n) is 7.92. The van der Waals surface area contributed by atoms with E-state index < -0.39 is 0 Å². The van der Waals surface area contributed by atoms with Crippen LogP contribution in [0, 0.1) is 0 Å². The number of hydrogen-bond donors (Lipinski definition) is 1. The summed E-state index contributed by atoms with van der Waals surface area (Å²) in [5.74, 6) is 0.228. The summed E-state index contributed by atoms with van der Waals surface area (Å²) in [6.07, 6.45) is 20.1. The zero-order chi connectivity index (χ0) is 13.8. The van der Waals surface area contributed by atoms with Crippen LogP contribution in [0.15, 0.2) is 24.3 Å². The second kappa shape index (κ2) is 10.8. The molecule has 1 N–H and O–H groups in total. The molecule has 0 atom stereocenters. The fourth-order valence-electron chi connectivity index (χ4n) is 1.93. The first-order valence-corrected chi connectivity index (χ1v) is 7.92. The van der Waals surface area contributed by atoms with Gasteiger partial charge in [0.25, 0.3) is 0 Å². The van der Waals surface area contributed by atoms with Crippen molar-refractivity contribution in [1.29, 1.82) is 0 Å². The summed E-state index contributed by atoms with van der Waals surface area (Å²) >= 11 is 0. The Morgan fingerprint density at radius 1 is 1.05 bits per heavy atom. The average Bonchev–Trinajstić information content (AvgIpc) is 3.20. The van der Waals surface area contributed by atoms with Crippen LogP contribution in [0.4, 0.5) is 0 Å². The lowest BCUT2D eigenvalue weighted by atomic mass is 10.2. The van der Waals surface area contributed by atoms with Crippen LogP contribution in [-0.2, 0) is 4.79 Å². The second-order valence-electron chi connectivity index (χ2n) is 5.41. The van der Waals surface area contributed by atoms with Gasteiger partial charge in [0.1, 0.15) is 0 Å². The molecule has 1 amide bonds. The molecule has 0 unspecified atom stereocenters. The molecular weight excluding hydrogens is 234 g/mol. The topological polar surface area (TPSA) is 29.1 Å². The molecule has 1 aliphatic carbocycles. The van der Waals surface area contributed by atoms with E-state index in [2.05, 4.69) is 36.5 Å². The van der Waals surface area contributed by atoms with Crippen LogP contribution in [0.1, 0.15) is 71.1 Å². The van der Waals surface area contributed by atoms with Crippen molar-refractivity contribution in [3.8, 4) is 0 Å². The Morgan fingerprint density at radius 2 is 1.74 bits per heavy atom. The van der Waals surface area contributed by atoms with Gasteiger partial charge in [0.2, 0.25) is 5.91 Å². The zero-order valence-corrected chi connectivity index (χ0v) is 12.4. The fourth-order valence-corrected chi connectivity index (χ4v) is 1.93. The van der Waals surface area contributed by atoms with Gasteiger partial charge < -0.3 is 5.32 Å². The number of carbonyl (C=O) groups excluding carboxylic acids is 1. The molecule has 0 aromatic rings. The molecule has 0 aromatic heterocycles. The first-order chi connectivity index (χ1) is 9.33. The van der Waals surface area contributed by atoms with Crippen molar-refractivity contribution in [1.82, 2.24) is 5.32 Å². The molecule has 1 fully saturated rings. The highest BCUT2D eigenvalue weighted by Crippen LogP contribution is 2.18. The van der Waals surface area contributed by atoms with Crippen LogP contribution in [0.25, 0.3) is 0 Å². The average molecular weight is 263 g/mol. The fraction of sp³-hybridized carbons (Fsp3) is 0.706. The van der Waals surface area contributed by atoms with Gasteiger partial charge in [-0.25, -0.2) is 0 Å². The molecule has 0 aliphatic heterocycles. The number of unbranched alkanes of at least 4 members (excludes halogenated alkanes) is 4. The van der Waals surface area contributed by atoms with E-state index in [1.54, 1.807) is 0 Å². The number of amides is 1. The molecule has 1 rings (SSSR count). The van der Waals surface area contributed by atoms with Crippen molar-refractivity contribution in [3.05, 3.63) is 24.3 Å². The highest BCUT2D eigenvalue weighted by molar-refractivity contribution is 5.76. The van der Waals surface area contributed by atoms with Crippen molar-refractivity contribution in [2.24, 2.45) is 0 Å². The molecule has 1 saturated carbocycles. The number of hydrogen-bond acceptors (Lipinski definition) is 1. The van der Waals surface area contributed by atoms with Gasteiger partial charge in [-0.1, -0.05) is 44.1 Å². The highest BCUT2D eigenvalue weighted by Gasteiger charge is 2.22. The maximum absolute atomic E-state index is 11.4. The summed E-state index contributed by atoms with van der Waals surface area (Å²) in [5.41, 5.74) is 0. The van der Waals surface area contributed by atoms with Gasteiger partial charge in [0, 0.05) is 12.5 Å². The lowest BCUT2D eigenvalue weighted by Crippen LogP contribution is -2.24. The molecule has 1 aliphatic rings. The molecule has 19 heavy (non-hydrogen) atoms. The van der Waals surface area contributed by atoms with Crippen LogP contribution in [0.3, 0.4) is 0 Å². The first kappa shape index (κ1) is 16.0. The van der Waals surface area contributed by atoms with E-state index in [1.807, 2.05) is 0 Å². The van der Waals surface area contributed by atoms with Gasteiger partial charge in [-0.2, -0.15) is 0 Å². The Balaban J connectivity index is 1.85. The molecule has 0 aromatic carbocycles. The van der Waals surface area contributed by atoms with Crippen LogP contribution >= 0.6 is 0 Å². The molecule has 0 spiro atoms. The Hall–Kier alpha value is -1.05. The maximum Gasteiger partial charge on any atom is 0.220 e. The van der Waals surface area contributed by atoms with Crippen LogP contribution in [-0.4, -0.2) is 11.9 Å². The minimum absolute atomic E-state index is 0.228. The van der Waals surface area contributed by atoms with E-state index >= 15 is 0 Å². The normalized spacial score (nSPS) is 15.4. The zero-order valence-electron chi connectivity index (χ0n) is 12.4. The Labute approximate surface area is 118 Å². The van der Waals surface area contributed by atoms with Crippen LogP contribution < -0.4 is 5.32 Å². The van der Waals surface area contributed by atoms with Crippen LogP contribution in [0.5, 0.6) is 0 Å². The minimum Gasteiger partial charge on any atom is -0.353 e. The summed E-state index contributed by atoms with van der Waals surface area (Å²) in [6, 6.07) is 0.501. The van der Waals surface area contributed by atoms with Crippen molar-refractivity contribution >= 4 is 5.91 Å². The maximum atomic E-state index is 11.4. The number of rotatable bonds is 11. The summed E-state index contributed by atoms with van der Waals surface area (Å²) in [6.45, 7) is 2.23. The monoisotopic (exact) mass is 263 g/mol. The molecule has 0 saturated heterocycles. The lowest BCUT2D eigenvalue weighted by molar-refractivity contribution is -0.121. The third-order valence-corrected chi connectivity index (χ3v) is 3.30. The molecule has 0 bridgehead atoms. The Morgan fingerprint density at radius 3 is 2.37 bits per heavy atom. The molecule has 2 nitrogen and oxygen atoms in total. The number of allylic oxidation sites excluding steroid dienone is 4. The van der Waals surface area contributed by atoms with Gasteiger partial charge in [-0.15, -0.1) is 0 Å².